The number of fused-ring (bicyclic) bond motifs is 1. The molecule has 1 aromatic heterocycles. The monoisotopic (exact) mass is 368 g/mol. The Bertz CT molecular complexity index is 628. The first-order valence-electron chi connectivity index (χ1n) is 8.99. The van der Waals surface area contributed by atoms with Crippen LogP contribution in [0.5, 0.6) is 0 Å². The molecule has 5 nitrogen and oxygen atoms in total. The van der Waals surface area contributed by atoms with Crippen LogP contribution in [0.2, 0.25) is 0 Å². The van der Waals surface area contributed by atoms with E-state index in [0.717, 1.165) is 24.3 Å². The Morgan fingerprint density at radius 1 is 1.08 bits per heavy atom. The van der Waals surface area contributed by atoms with Crippen molar-refractivity contribution in [2.75, 3.05) is 31.3 Å². The summed E-state index contributed by atoms with van der Waals surface area (Å²) in [4.78, 5) is 1.30. The van der Waals surface area contributed by atoms with Crippen LogP contribution in [0.4, 0.5) is 5.00 Å². The highest BCUT2D eigenvalue weighted by atomic mass is 32.1. The lowest BCUT2D eigenvalue weighted by molar-refractivity contribution is 0.364. The summed E-state index contributed by atoms with van der Waals surface area (Å²) in [5, 5.41) is 13.8. The van der Waals surface area contributed by atoms with Crippen LogP contribution in [0.15, 0.2) is 0 Å². The molecule has 0 aromatic carbocycles. The lowest BCUT2D eigenvalue weighted by Crippen LogP contribution is -2.35. The molecule has 7 heteroatoms. The number of nitrogens with zero attached hydrogens (tertiary/aromatic N) is 3. The van der Waals surface area contributed by atoms with E-state index in [2.05, 4.69) is 11.2 Å². The van der Waals surface area contributed by atoms with Crippen molar-refractivity contribution in [3.05, 3.63) is 16.0 Å². The molecule has 0 atom stereocenters. The van der Waals surface area contributed by atoms with E-state index < -0.39 is 7.59 Å². The topological polar surface area (TPSA) is 59.4 Å². The molecule has 0 unspecified atom stereocenters. The molecular weight excluding hydrogens is 339 g/mol. The third-order valence-corrected chi connectivity index (χ3v) is 9.30. The molecule has 1 aliphatic rings. The van der Waals surface area contributed by atoms with Gasteiger partial charge in [0, 0.05) is 31.1 Å². The van der Waals surface area contributed by atoms with E-state index in [1.807, 2.05) is 37.0 Å². The van der Waals surface area contributed by atoms with Crippen LogP contribution in [0.1, 0.15) is 56.5 Å². The standard InChI is InChI=1S/C17H29N4OPS/c1-5-20(6-2)23(22,21(7-3)8-4)19-17-15(13-18)14-11-9-10-12-16(14)24-17/h5-12H2,1-4H3,(H,19,22). The van der Waals surface area contributed by atoms with E-state index in [0.29, 0.717) is 31.7 Å². The van der Waals surface area contributed by atoms with E-state index >= 15 is 0 Å². The van der Waals surface area contributed by atoms with Crippen molar-refractivity contribution in [1.29, 1.82) is 5.26 Å². The van der Waals surface area contributed by atoms with Crippen molar-refractivity contribution in [2.45, 2.75) is 53.4 Å². The SMILES string of the molecule is CCN(CC)P(=O)(Nc1sc2c(c1C#N)CCCC2)N(CC)CC. The number of rotatable bonds is 8. The average Bonchev–Trinajstić information content (AvgIpc) is 2.93. The molecular formula is C17H29N4OPS. The van der Waals surface area contributed by atoms with E-state index in [4.69, 9.17) is 0 Å². The van der Waals surface area contributed by atoms with Gasteiger partial charge in [0.15, 0.2) is 0 Å². The van der Waals surface area contributed by atoms with Crippen molar-refractivity contribution in [3.63, 3.8) is 0 Å². The number of anilines is 1. The zero-order chi connectivity index (χ0) is 17.7. The van der Waals surface area contributed by atoms with Crippen molar-refractivity contribution in [1.82, 2.24) is 9.34 Å². The van der Waals surface area contributed by atoms with Gasteiger partial charge in [-0.05, 0) is 31.2 Å². The van der Waals surface area contributed by atoms with Gasteiger partial charge in [-0.2, -0.15) is 5.26 Å². The van der Waals surface area contributed by atoms with Gasteiger partial charge in [-0.3, -0.25) is 4.57 Å². The molecule has 0 saturated carbocycles. The van der Waals surface area contributed by atoms with Crippen LogP contribution in [-0.4, -0.2) is 35.5 Å². The average molecular weight is 368 g/mol. The Hall–Kier alpha value is -0.860. The smallest absolute Gasteiger partial charge is 0.303 e. The number of nitrogens with one attached hydrogen (secondary N) is 1. The zero-order valence-electron chi connectivity index (χ0n) is 15.3. The van der Waals surface area contributed by atoms with E-state index in [1.54, 1.807) is 11.3 Å². The first-order valence-corrected chi connectivity index (χ1v) is 11.4. The Kier molecular flexibility index (Phi) is 6.88. The lowest BCUT2D eigenvalue weighted by atomic mass is 9.96. The Morgan fingerprint density at radius 3 is 2.12 bits per heavy atom. The Labute approximate surface area is 150 Å². The fraction of sp³-hybridized carbons (Fsp3) is 0.706. The first kappa shape index (κ1) is 19.5. The number of nitriles is 1. The molecule has 2 rings (SSSR count). The quantitative estimate of drug-likeness (QED) is 0.674. The molecule has 24 heavy (non-hydrogen) atoms. The van der Waals surface area contributed by atoms with Gasteiger partial charge in [-0.1, -0.05) is 27.7 Å². The van der Waals surface area contributed by atoms with Gasteiger partial charge < -0.3 is 5.09 Å². The van der Waals surface area contributed by atoms with Crippen molar-refractivity contribution < 1.29 is 4.57 Å². The Morgan fingerprint density at radius 2 is 1.62 bits per heavy atom. The van der Waals surface area contributed by atoms with Gasteiger partial charge in [0.2, 0.25) is 0 Å². The van der Waals surface area contributed by atoms with Gasteiger partial charge in [-0.25, -0.2) is 9.34 Å². The van der Waals surface area contributed by atoms with Crippen LogP contribution in [-0.2, 0) is 17.4 Å². The molecule has 1 N–H and O–H groups in total. The van der Waals surface area contributed by atoms with Gasteiger partial charge in [0.1, 0.15) is 11.1 Å². The summed E-state index contributed by atoms with van der Waals surface area (Å²) in [5.74, 6) is 0. The molecule has 1 aromatic rings. The fourth-order valence-corrected chi connectivity index (χ4v) is 7.61. The van der Waals surface area contributed by atoms with Crippen molar-refractivity contribution in [2.24, 2.45) is 0 Å². The number of hydrogen-bond acceptors (Lipinski definition) is 3. The summed E-state index contributed by atoms with van der Waals surface area (Å²) in [7, 11) is -2.93. The second-order valence-corrected chi connectivity index (χ2v) is 9.51. The van der Waals surface area contributed by atoms with Crippen LogP contribution in [0, 0.1) is 11.3 Å². The Balaban J connectivity index is 2.45. The maximum atomic E-state index is 13.9. The second-order valence-electron chi connectivity index (χ2n) is 5.96. The molecule has 0 saturated heterocycles. The molecule has 0 fully saturated rings. The minimum Gasteiger partial charge on any atom is -0.303 e. The summed E-state index contributed by atoms with van der Waals surface area (Å²) < 4.78 is 17.9. The van der Waals surface area contributed by atoms with Gasteiger partial charge in [-0.15, -0.1) is 11.3 Å². The molecule has 1 aliphatic carbocycles. The van der Waals surface area contributed by atoms with Crippen LogP contribution in [0.25, 0.3) is 0 Å². The zero-order valence-corrected chi connectivity index (χ0v) is 17.0. The number of thiophene rings is 1. The molecule has 0 radical (unpaired) electrons. The van der Waals surface area contributed by atoms with Crippen LogP contribution >= 0.6 is 18.9 Å². The van der Waals surface area contributed by atoms with Crippen LogP contribution < -0.4 is 5.09 Å². The molecule has 134 valence electrons. The number of hydrogen-bond donors (Lipinski definition) is 1. The number of aryl methyl sites for hydroxylation is 1. The highest BCUT2D eigenvalue weighted by molar-refractivity contribution is 7.61. The van der Waals surface area contributed by atoms with Crippen LogP contribution in [0.3, 0.4) is 0 Å². The van der Waals surface area contributed by atoms with E-state index in [-0.39, 0.29) is 0 Å². The summed E-state index contributed by atoms with van der Waals surface area (Å²) >= 11 is 1.63. The summed E-state index contributed by atoms with van der Waals surface area (Å²) in [6, 6.07) is 2.37. The first-order chi connectivity index (χ1) is 11.5. The fourth-order valence-electron chi connectivity index (χ4n) is 3.43. The van der Waals surface area contributed by atoms with Gasteiger partial charge in [0.05, 0.1) is 5.56 Å². The molecule has 0 bridgehead atoms. The summed E-state index contributed by atoms with van der Waals surface area (Å²) in [6.45, 7) is 11.0. The molecule has 0 aliphatic heterocycles. The highest BCUT2D eigenvalue weighted by Crippen LogP contribution is 2.54. The predicted molar refractivity (Wildman–Crippen MR) is 103 cm³/mol. The highest BCUT2D eigenvalue weighted by Gasteiger charge is 2.36. The van der Waals surface area contributed by atoms with Gasteiger partial charge >= 0.3 is 7.59 Å². The summed E-state index contributed by atoms with van der Waals surface area (Å²) in [5.41, 5.74) is 1.90. The molecule has 1 heterocycles. The third-order valence-electron chi connectivity index (χ3n) is 4.76. The molecule has 0 amide bonds. The predicted octanol–water partition coefficient (Wildman–Crippen LogP) is 4.70. The van der Waals surface area contributed by atoms with E-state index in [9.17, 15) is 9.83 Å². The lowest BCUT2D eigenvalue weighted by Gasteiger charge is -2.37. The van der Waals surface area contributed by atoms with Gasteiger partial charge in [0.25, 0.3) is 0 Å². The minimum atomic E-state index is -2.93. The van der Waals surface area contributed by atoms with Crippen molar-refractivity contribution >= 4 is 23.9 Å². The minimum absolute atomic E-state index is 0.713. The maximum Gasteiger partial charge on any atom is 0.309 e. The second kappa shape index (κ2) is 8.49. The normalized spacial score (nSPS) is 14.7. The van der Waals surface area contributed by atoms with Crippen molar-refractivity contribution in [3.8, 4) is 6.07 Å². The van der Waals surface area contributed by atoms with E-state index in [1.165, 1.54) is 16.9 Å². The largest absolute Gasteiger partial charge is 0.309 e. The summed E-state index contributed by atoms with van der Waals surface area (Å²) in [6.07, 6.45) is 4.33. The third kappa shape index (κ3) is 3.55. The molecule has 0 spiro atoms. The maximum absolute atomic E-state index is 13.9.